The van der Waals surface area contributed by atoms with E-state index in [0.29, 0.717) is 25.5 Å². The maximum Gasteiger partial charge on any atom is 0.255 e. The Morgan fingerprint density at radius 3 is 2.67 bits per heavy atom. The highest BCUT2D eigenvalue weighted by Crippen LogP contribution is 2.32. The van der Waals surface area contributed by atoms with Crippen LogP contribution < -0.4 is 5.73 Å². The topological polar surface area (TPSA) is 85.5 Å². The van der Waals surface area contributed by atoms with Gasteiger partial charge in [-0.25, -0.2) is 13.4 Å². The molecule has 1 aliphatic heterocycles. The van der Waals surface area contributed by atoms with Gasteiger partial charge in [0.1, 0.15) is 0 Å². The molecule has 1 aliphatic rings. The van der Waals surface area contributed by atoms with E-state index in [0.717, 1.165) is 11.3 Å². The Kier molecular flexibility index (Phi) is 3.39. The van der Waals surface area contributed by atoms with E-state index in [1.165, 1.54) is 4.31 Å². The Morgan fingerprint density at radius 2 is 2.17 bits per heavy atom. The van der Waals surface area contributed by atoms with E-state index in [1.807, 2.05) is 13.8 Å². The van der Waals surface area contributed by atoms with Gasteiger partial charge in [-0.2, -0.15) is 4.31 Å². The van der Waals surface area contributed by atoms with Gasteiger partial charge in [-0.3, -0.25) is 0 Å². The largest absolute Gasteiger partial charge is 0.378 e. The number of nitrogen functional groups attached to an aromatic ring is 1. The summed E-state index contributed by atoms with van der Waals surface area (Å²) in [5.74, 6) is 0. The molecule has 2 N–H and O–H groups in total. The van der Waals surface area contributed by atoms with Gasteiger partial charge >= 0.3 is 0 Å². The summed E-state index contributed by atoms with van der Waals surface area (Å²) in [5, 5.41) is 0.275. The lowest BCUT2D eigenvalue weighted by atomic mass is 10.1. The molecule has 0 atom stereocenters. The summed E-state index contributed by atoms with van der Waals surface area (Å²) in [4.78, 5) is 3.98. The van der Waals surface area contributed by atoms with Crippen molar-refractivity contribution in [3.8, 4) is 0 Å². The third kappa shape index (κ3) is 2.25. The van der Waals surface area contributed by atoms with Gasteiger partial charge in [0.2, 0.25) is 0 Å². The quantitative estimate of drug-likeness (QED) is 0.872. The highest BCUT2D eigenvalue weighted by Gasteiger charge is 2.41. The predicted octanol–water partition coefficient (Wildman–Crippen LogP) is 0.833. The van der Waals surface area contributed by atoms with Gasteiger partial charge in [0.25, 0.3) is 10.0 Å². The van der Waals surface area contributed by atoms with Gasteiger partial charge in [0.15, 0.2) is 9.34 Å². The molecule has 0 saturated carbocycles. The monoisotopic (exact) mass is 291 g/mol. The van der Waals surface area contributed by atoms with E-state index < -0.39 is 15.6 Å². The summed E-state index contributed by atoms with van der Waals surface area (Å²) in [7, 11) is -3.55. The summed E-state index contributed by atoms with van der Waals surface area (Å²) in [6.45, 7) is 6.52. The van der Waals surface area contributed by atoms with Crippen LogP contribution in [0.25, 0.3) is 0 Å². The molecule has 8 heteroatoms. The van der Waals surface area contributed by atoms with Crippen LogP contribution in [0.5, 0.6) is 0 Å². The summed E-state index contributed by atoms with van der Waals surface area (Å²) < 4.78 is 32.3. The summed E-state index contributed by atoms with van der Waals surface area (Å²) in [5.41, 5.74) is 5.48. The van der Waals surface area contributed by atoms with Gasteiger partial charge in [-0.1, -0.05) is 11.3 Å². The number of thiazole rings is 1. The maximum absolute atomic E-state index is 12.6. The Balaban J connectivity index is 2.45. The zero-order valence-electron chi connectivity index (χ0n) is 10.6. The van der Waals surface area contributed by atoms with Crippen molar-refractivity contribution in [3.05, 3.63) is 5.69 Å². The fourth-order valence-corrected chi connectivity index (χ4v) is 5.18. The molecule has 6 nitrogen and oxygen atoms in total. The minimum atomic E-state index is -3.55. The lowest BCUT2D eigenvalue weighted by Crippen LogP contribution is -2.55. The molecule has 0 amide bonds. The van der Waals surface area contributed by atoms with E-state index in [9.17, 15) is 8.42 Å². The van der Waals surface area contributed by atoms with Gasteiger partial charge in [-0.05, 0) is 20.8 Å². The zero-order chi connectivity index (χ0) is 13.6. The molecule has 102 valence electrons. The fourth-order valence-electron chi connectivity index (χ4n) is 2.03. The number of nitrogens with zero attached hydrogens (tertiary/aromatic N) is 2. The van der Waals surface area contributed by atoms with Crippen molar-refractivity contribution < 1.29 is 13.2 Å². The third-order valence-corrected chi connectivity index (χ3v) is 6.55. The number of hydrogen-bond donors (Lipinski definition) is 1. The Morgan fingerprint density at radius 1 is 1.50 bits per heavy atom. The zero-order valence-corrected chi connectivity index (χ0v) is 12.3. The normalized spacial score (nSPS) is 21.1. The highest BCUT2D eigenvalue weighted by molar-refractivity contribution is 7.91. The second-order valence-electron chi connectivity index (χ2n) is 4.87. The average Bonchev–Trinajstić information content (AvgIpc) is 2.57. The first kappa shape index (κ1) is 13.7. The van der Waals surface area contributed by atoms with Crippen LogP contribution in [0.15, 0.2) is 4.21 Å². The minimum Gasteiger partial charge on any atom is -0.378 e. The highest BCUT2D eigenvalue weighted by atomic mass is 32.2. The average molecular weight is 291 g/mol. The van der Waals surface area contributed by atoms with Crippen LogP contribution in [0.1, 0.15) is 19.5 Å². The van der Waals surface area contributed by atoms with Crippen LogP contribution in [0.3, 0.4) is 0 Å². The molecule has 0 aromatic carbocycles. The van der Waals surface area contributed by atoms with Crippen molar-refractivity contribution in [2.45, 2.75) is 30.5 Å². The fraction of sp³-hybridized carbons (Fsp3) is 0.700. The van der Waals surface area contributed by atoms with Crippen molar-refractivity contribution in [1.29, 1.82) is 0 Å². The number of rotatable bonds is 2. The van der Waals surface area contributed by atoms with Crippen LogP contribution in [0.2, 0.25) is 0 Å². The minimum absolute atomic E-state index is 0.231. The SMILES string of the molecule is Cc1nc(N)sc1S(=O)(=O)N1CCOCC1(C)C. The number of aryl methyl sites for hydroxylation is 1. The molecule has 2 rings (SSSR count). The van der Waals surface area contributed by atoms with Crippen LogP contribution in [-0.4, -0.2) is 43.0 Å². The van der Waals surface area contributed by atoms with Crippen molar-refractivity contribution in [2.24, 2.45) is 0 Å². The number of sulfonamides is 1. The predicted molar refractivity (Wildman–Crippen MR) is 70.1 cm³/mol. The molecular weight excluding hydrogens is 274 g/mol. The van der Waals surface area contributed by atoms with Crippen molar-refractivity contribution >= 4 is 26.5 Å². The van der Waals surface area contributed by atoms with E-state index >= 15 is 0 Å². The molecule has 18 heavy (non-hydrogen) atoms. The Labute approximate surface area is 111 Å². The van der Waals surface area contributed by atoms with Gasteiger partial charge < -0.3 is 10.5 Å². The second-order valence-corrected chi connectivity index (χ2v) is 7.96. The van der Waals surface area contributed by atoms with E-state index in [4.69, 9.17) is 10.5 Å². The van der Waals surface area contributed by atoms with Crippen molar-refractivity contribution in [1.82, 2.24) is 9.29 Å². The van der Waals surface area contributed by atoms with E-state index in [1.54, 1.807) is 6.92 Å². The number of hydrogen-bond acceptors (Lipinski definition) is 6. The molecule has 1 aromatic rings. The molecule has 0 aliphatic carbocycles. The van der Waals surface area contributed by atoms with E-state index in [2.05, 4.69) is 4.98 Å². The standard InChI is InChI=1S/C10H17N3O3S2/c1-7-8(17-9(11)12-7)18(14,15)13-4-5-16-6-10(13,2)3/h4-6H2,1-3H3,(H2,11,12). The number of morpholine rings is 1. The molecule has 1 aromatic heterocycles. The molecule has 2 heterocycles. The number of nitrogens with two attached hydrogens (primary N) is 1. The first-order valence-corrected chi connectivity index (χ1v) is 7.84. The second kappa shape index (κ2) is 4.44. The van der Waals surface area contributed by atoms with Crippen LogP contribution in [0.4, 0.5) is 5.13 Å². The molecule has 1 fully saturated rings. The number of aromatic nitrogens is 1. The van der Waals surface area contributed by atoms with Crippen molar-refractivity contribution in [2.75, 3.05) is 25.5 Å². The molecule has 0 radical (unpaired) electrons. The molecular formula is C10H17N3O3S2. The number of ether oxygens (including phenoxy) is 1. The molecule has 0 unspecified atom stereocenters. The van der Waals surface area contributed by atoms with Crippen LogP contribution in [0, 0.1) is 6.92 Å². The first-order valence-electron chi connectivity index (χ1n) is 5.58. The van der Waals surface area contributed by atoms with E-state index in [-0.39, 0.29) is 9.34 Å². The molecule has 0 spiro atoms. The lowest BCUT2D eigenvalue weighted by Gasteiger charge is -2.40. The van der Waals surface area contributed by atoms with Crippen LogP contribution in [-0.2, 0) is 14.8 Å². The maximum atomic E-state index is 12.6. The first-order chi connectivity index (χ1) is 8.25. The Hall–Kier alpha value is -0.700. The lowest BCUT2D eigenvalue weighted by molar-refractivity contribution is -0.00763. The molecule has 1 saturated heterocycles. The van der Waals surface area contributed by atoms with Gasteiger partial charge in [0, 0.05) is 6.54 Å². The smallest absolute Gasteiger partial charge is 0.255 e. The summed E-state index contributed by atoms with van der Waals surface area (Å²) >= 11 is 1.01. The summed E-state index contributed by atoms with van der Waals surface area (Å²) in [6, 6.07) is 0. The van der Waals surface area contributed by atoms with Gasteiger partial charge in [-0.15, -0.1) is 0 Å². The summed E-state index contributed by atoms with van der Waals surface area (Å²) in [6.07, 6.45) is 0. The molecule has 0 bridgehead atoms. The Bertz CT molecular complexity index is 551. The van der Waals surface area contributed by atoms with Gasteiger partial charge in [0.05, 0.1) is 24.4 Å². The van der Waals surface area contributed by atoms with Crippen LogP contribution >= 0.6 is 11.3 Å². The third-order valence-electron chi connectivity index (χ3n) is 2.86. The number of anilines is 1. The van der Waals surface area contributed by atoms with Crippen molar-refractivity contribution in [3.63, 3.8) is 0 Å².